The zero-order valence-corrected chi connectivity index (χ0v) is 11.8. The maximum atomic E-state index is 12.4. The Morgan fingerprint density at radius 3 is 2.77 bits per heavy atom. The highest BCUT2D eigenvalue weighted by Gasteiger charge is 2.28. The number of hydrogen-bond acceptors (Lipinski definition) is 4. The SMILES string of the molecule is OC[C@@H](O)CN(CCC(F)(F)F)Cc1cccc2cn[nH]c12. The molecule has 0 spiro atoms. The molecule has 0 saturated heterocycles. The molecule has 0 radical (unpaired) electrons. The number of H-pyrrole nitrogens is 1. The molecule has 3 N–H and O–H groups in total. The van der Waals surface area contributed by atoms with Crippen molar-refractivity contribution in [2.24, 2.45) is 0 Å². The minimum Gasteiger partial charge on any atom is -0.394 e. The van der Waals surface area contributed by atoms with E-state index in [2.05, 4.69) is 10.2 Å². The van der Waals surface area contributed by atoms with Crippen LogP contribution >= 0.6 is 0 Å². The third-order valence-electron chi connectivity index (χ3n) is 3.35. The molecule has 2 aromatic rings. The monoisotopic (exact) mass is 317 g/mol. The van der Waals surface area contributed by atoms with E-state index >= 15 is 0 Å². The highest BCUT2D eigenvalue weighted by atomic mass is 19.4. The third kappa shape index (κ3) is 4.69. The number of alkyl halides is 3. The maximum Gasteiger partial charge on any atom is 0.390 e. The van der Waals surface area contributed by atoms with Crippen molar-refractivity contribution in [3.05, 3.63) is 30.0 Å². The molecule has 1 atom stereocenters. The van der Waals surface area contributed by atoms with Gasteiger partial charge in [0.25, 0.3) is 0 Å². The molecule has 1 aromatic carbocycles. The summed E-state index contributed by atoms with van der Waals surface area (Å²) in [7, 11) is 0. The molecule has 0 unspecified atom stereocenters. The van der Waals surface area contributed by atoms with E-state index in [0.717, 1.165) is 16.5 Å². The summed E-state index contributed by atoms with van der Waals surface area (Å²) in [6.07, 6.45) is -4.66. The van der Waals surface area contributed by atoms with Crippen molar-refractivity contribution in [2.75, 3.05) is 19.7 Å². The smallest absolute Gasteiger partial charge is 0.390 e. The first-order chi connectivity index (χ1) is 10.4. The fourth-order valence-electron chi connectivity index (χ4n) is 2.28. The second-order valence-corrected chi connectivity index (χ2v) is 5.19. The Hall–Kier alpha value is -1.64. The van der Waals surface area contributed by atoms with Crippen LogP contribution < -0.4 is 0 Å². The first-order valence-corrected chi connectivity index (χ1v) is 6.88. The summed E-state index contributed by atoms with van der Waals surface area (Å²) in [6, 6.07) is 5.45. The summed E-state index contributed by atoms with van der Waals surface area (Å²) in [5.41, 5.74) is 1.56. The normalized spacial score (nSPS) is 13.9. The molecule has 0 amide bonds. The van der Waals surface area contributed by atoms with Crippen molar-refractivity contribution in [1.29, 1.82) is 0 Å². The van der Waals surface area contributed by atoms with Gasteiger partial charge in [-0.25, -0.2) is 0 Å². The van der Waals surface area contributed by atoms with Gasteiger partial charge in [-0.2, -0.15) is 18.3 Å². The molecular weight excluding hydrogens is 299 g/mol. The highest BCUT2D eigenvalue weighted by molar-refractivity contribution is 5.81. The van der Waals surface area contributed by atoms with Crippen LogP contribution in [-0.4, -0.2) is 57.3 Å². The average Bonchev–Trinajstić information content (AvgIpc) is 2.93. The Kier molecular flexibility index (Phi) is 5.38. The summed E-state index contributed by atoms with van der Waals surface area (Å²) < 4.78 is 37.3. The Labute approximate surface area is 125 Å². The second-order valence-electron chi connectivity index (χ2n) is 5.19. The Morgan fingerprint density at radius 1 is 1.32 bits per heavy atom. The lowest BCUT2D eigenvalue weighted by molar-refractivity contribution is -0.139. The number of hydrogen-bond donors (Lipinski definition) is 3. The molecule has 8 heteroatoms. The quantitative estimate of drug-likeness (QED) is 0.726. The lowest BCUT2D eigenvalue weighted by Crippen LogP contribution is -2.36. The Balaban J connectivity index is 2.12. The largest absolute Gasteiger partial charge is 0.394 e. The summed E-state index contributed by atoms with van der Waals surface area (Å²) in [5.74, 6) is 0. The predicted molar refractivity (Wildman–Crippen MR) is 75.1 cm³/mol. The Bertz CT molecular complexity index is 600. The van der Waals surface area contributed by atoms with Gasteiger partial charge in [-0.05, 0) is 5.56 Å². The molecule has 5 nitrogen and oxygen atoms in total. The van der Waals surface area contributed by atoms with Gasteiger partial charge in [-0.1, -0.05) is 18.2 Å². The third-order valence-corrected chi connectivity index (χ3v) is 3.35. The van der Waals surface area contributed by atoms with Gasteiger partial charge in [0.05, 0.1) is 30.8 Å². The lowest BCUT2D eigenvalue weighted by atomic mass is 10.1. The number of halogens is 3. The topological polar surface area (TPSA) is 72.4 Å². The minimum atomic E-state index is -4.26. The number of aliphatic hydroxyl groups excluding tert-OH is 2. The number of rotatable bonds is 7. The first kappa shape index (κ1) is 16.7. The van der Waals surface area contributed by atoms with Gasteiger partial charge in [-0.3, -0.25) is 10.00 Å². The number of aromatic nitrogens is 2. The summed E-state index contributed by atoms with van der Waals surface area (Å²) >= 11 is 0. The number of fused-ring (bicyclic) bond motifs is 1. The van der Waals surface area contributed by atoms with Gasteiger partial charge >= 0.3 is 6.18 Å². The Morgan fingerprint density at radius 2 is 2.09 bits per heavy atom. The fourth-order valence-corrected chi connectivity index (χ4v) is 2.28. The van der Waals surface area contributed by atoms with Crippen molar-refractivity contribution in [2.45, 2.75) is 25.2 Å². The average molecular weight is 317 g/mol. The van der Waals surface area contributed by atoms with Crippen molar-refractivity contribution in [1.82, 2.24) is 15.1 Å². The molecule has 2 rings (SSSR count). The maximum absolute atomic E-state index is 12.4. The molecule has 0 aliphatic carbocycles. The van der Waals surface area contributed by atoms with E-state index < -0.39 is 25.3 Å². The summed E-state index contributed by atoms with van der Waals surface area (Å²) in [6.45, 7) is -0.536. The van der Waals surface area contributed by atoms with Crippen LogP contribution in [0.5, 0.6) is 0 Å². The van der Waals surface area contributed by atoms with E-state index in [-0.39, 0.29) is 19.6 Å². The van der Waals surface area contributed by atoms with Crippen LogP contribution in [0.4, 0.5) is 13.2 Å². The van der Waals surface area contributed by atoms with Gasteiger partial charge in [0.1, 0.15) is 0 Å². The van der Waals surface area contributed by atoms with Crippen LogP contribution in [0.1, 0.15) is 12.0 Å². The molecule has 0 aliphatic heterocycles. The van der Waals surface area contributed by atoms with E-state index in [4.69, 9.17) is 5.11 Å². The van der Waals surface area contributed by atoms with Gasteiger partial charge in [-0.15, -0.1) is 0 Å². The van der Waals surface area contributed by atoms with Crippen LogP contribution in [0, 0.1) is 0 Å². The number of nitrogens with one attached hydrogen (secondary N) is 1. The molecule has 0 fully saturated rings. The zero-order chi connectivity index (χ0) is 16.2. The van der Waals surface area contributed by atoms with Gasteiger partial charge < -0.3 is 10.2 Å². The van der Waals surface area contributed by atoms with Crippen LogP contribution in [0.2, 0.25) is 0 Å². The van der Waals surface area contributed by atoms with Crippen molar-refractivity contribution in [3.63, 3.8) is 0 Å². The number of aliphatic hydroxyl groups is 2. The van der Waals surface area contributed by atoms with Crippen LogP contribution in [0.15, 0.2) is 24.4 Å². The van der Waals surface area contributed by atoms with E-state index in [1.165, 1.54) is 4.90 Å². The minimum absolute atomic E-state index is 0.0307. The number of nitrogens with zero attached hydrogens (tertiary/aromatic N) is 2. The molecule has 22 heavy (non-hydrogen) atoms. The van der Waals surface area contributed by atoms with E-state index in [1.54, 1.807) is 18.3 Å². The lowest BCUT2D eigenvalue weighted by Gasteiger charge is -2.25. The van der Waals surface area contributed by atoms with Crippen molar-refractivity contribution >= 4 is 10.9 Å². The molecule has 122 valence electrons. The number of para-hydroxylation sites is 1. The highest BCUT2D eigenvalue weighted by Crippen LogP contribution is 2.22. The molecule has 1 heterocycles. The molecule has 0 bridgehead atoms. The summed E-state index contributed by atoms with van der Waals surface area (Å²) in [4.78, 5) is 1.48. The molecule has 0 aliphatic rings. The fraction of sp³-hybridized carbons (Fsp3) is 0.500. The van der Waals surface area contributed by atoms with Crippen LogP contribution in [-0.2, 0) is 6.54 Å². The molecule has 1 aromatic heterocycles. The van der Waals surface area contributed by atoms with E-state index in [9.17, 15) is 18.3 Å². The molecular formula is C14H18F3N3O2. The number of aromatic amines is 1. The van der Waals surface area contributed by atoms with Crippen molar-refractivity contribution < 1.29 is 23.4 Å². The standard InChI is InChI=1S/C14H18F3N3O2/c15-14(16,17)4-5-20(8-12(22)9-21)7-11-3-1-2-10-6-18-19-13(10)11/h1-3,6,12,21-22H,4-5,7-9H2,(H,18,19)/t12-/m0/s1. The van der Waals surface area contributed by atoms with Gasteiger partial charge in [0.15, 0.2) is 0 Å². The van der Waals surface area contributed by atoms with E-state index in [0.29, 0.717) is 0 Å². The van der Waals surface area contributed by atoms with E-state index in [1.807, 2.05) is 6.07 Å². The second kappa shape index (κ2) is 7.08. The van der Waals surface area contributed by atoms with Crippen LogP contribution in [0.25, 0.3) is 10.9 Å². The van der Waals surface area contributed by atoms with Crippen LogP contribution in [0.3, 0.4) is 0 Å². The zero-order valence-electron chi connectivity index (χ0n) is 11.8. The van der Waals surface area contributed by atoms with Crippen molar-refractivity contribution in [3.8, 4) is 0 Å². The molecule has 0 saturated carbocycles. The summed E-state index contributed by atoms with van der Waals surface area (Å²) in [5, 5.41) is 26.0. The van der Waals surface area contributed by atoms with Gasteiger partial charge in [0, 0.05) is 25.0 Å². The first-order valence-electron chi connectivity index (χ1n) is 6.88. The predicted octanol–water partition coefficient (Wildman–Crippen LogP) is 1.67. The number of benzene rings is 1. The van der Waals surface area contributed by atoms with Gasteiger partial charge in [0.2, 0.25) is 0 Å².